The average Bonchev–Trinajstić information content (AvgIpc) is 2.83. The van der Waals surface area contributed by atoms with E-state index in [9.17, 15) is 4.79 Å². The van der Waals surface area contributed by atoms with Crippen LogP contribution in [0.2, 0.25) is 0 Å². The van der Waals surface area contributed by atoms with Crippen molar-refractivity contribution < 1.29 is 9.32 Å². The minimum absolute atomic E-state index is 0.0229. The van der Waals surface area contributed by atoms with Crippen LogP contribution in [0.1, 0.15) is 18.7 Å². The van der Waals surface area contributed by atoms with Gasteiger partial charge in [-0.05, 0) is 12.8 Å². The van der Waals surface area contributed by atoms with Crippen molar-refractivity contribution in [1.29, 1.82) is 0 Å². The second-order valence-corrected chi connectivity index (χ2v) is 4.24. The van der Waals surface area contributed by atoms with Crippen LogP contribution in [0, 0.1) is 0 Å². The highest BCUT2D eigenvalue weighted by atomic mass is 16.5. The van der Waals surface area contributed by atoms with Crippen LogP contribution < -0.4 is 11.1 Å². The van der Waals surface area contributed by atoms with Crippen molar-refractivity contribution >= 4 is 5.91 Å². The van der Waals surface area contributed by atoms with Crippen molar-refractivity contribution in [3.8, 4) is 0 Å². The zero-order valence-electron chi connectivity index (χ0n) is 9.63. The molecule has 1 aliphatic rings. The maximum absolute atomic E-state index is 11.6. The van der Waals surface area contributed by atoms with Gasteiger partial charge in [0.25, 0.3) is 0 Å². The molecule has 17 heavy (non-hydrogen) atoms. The van der Waals surface area contributed by atoms with Crippen LogP contribution in [-0.2, 0) is 11.3 Å². The predicted octanol–water partition coefficient (Wildman–Crippen LogP) is -0.891. The van der Waals surface area contributed by atoms with Crippen LogP contribution >= 0.6 is 0 Å². The van der Waals surface area contributed by atoms with Gasteiger partial charge < -0.3 is 15.6 Å². The van der Waals surface area contributed by atoms with E-state index in [1.807, 2.05) is 0 Å². The third-order valence-electron chi connectivity index (χ3n) is 2.85. The second kappa shape index (κ2) is 5.74. The minimum Gasteiger partial charge on any atom is -0.348 e. The molecule has 1 aromatic heterocycles. The largest absolute Gasteiger partial charge is 0.348 e. The minimum atomic E-state index is -0.0229. The fraction of sp³-hybridized carbons (Fsp3) is 0.700. The monoisotopic (exact) mass is 239 g/mol. The van der Waals surface area contributed by atoms with E-state index in [1.165, 1.54) is 6.39 Å². The number of carbonyl (C=O) groups is 1. The SMILES string of the molecule is NC1CCN(CC(=O)NCc2ncon2)CC1. The highest BCUT2D eigenvalue weighted by Gasteiger charge is 2.18. The van der Waals surface area contributed by atoms with Gasteiger partial charge in [0, 0.05) is 19.1 Å². The first-order chi connectivity index (χ1) is 8.24. The maximum atomic E-state index is 11.6. The van der Waals surface area contributed by atoms with Crippen LogP contribution in [-0.4, -0.2) is 46.6 Å². The Morgan fingerprint density at radius 1 is 1.59 bits per heavy atom. The number of nitrogens with zero attached hydrogens (tertiary/aromatic N) is 3. The fourth-order valence-electron chi connectivity index (χ4n) is 1.82. The Kier molecular flexibility index (Phi) is 4.05. The average molecular weight is 239 g/mol. The van der Waals surface area contributed by atoms with E-state index in [-0.39, 0.29) is 11.9 Å². The van der Waals surface area contributed by atoms with E-state index in [1.54, 1.807) is 0 Å². The van der Waals surface area contributed by atoms with Gasteiger partial charge >= 0.3 is 0 Å². The molecule has 2 rings (SSSR count). The molecule has 0 unspecified atom stereocenters. The standard InChI is InChI=1S/C10H17N5O2/c11-8-1-3-15(4-2-8)6-10(16)12-5-9-13-7-17-14-9/h7-8H,1-6,11H2,(H,12,16). The number of likely N-dealkylation sites (tertiary alicyclic amines) is 1. The second-order valence-electron chi connectivity index (χ2n) is 4.24. The van der Waals surface area contributed by atoms with E-state index < -0.39 is 0 Å². The van der Waals surface area contributed by atoms with Crippen molar-refractivity contribution in [1.82, 2.24) is 20.4 Å². The molecule has 0 saturated carbocycles. The van der Waals surface area contributed by atoms with Crippen LogP contribution in [0.25, 0.3) is 0 Å². The van der Waals surface area contributed by atoms with Gasteiger partial charge in [-0.15, -0.1) is 0 Å². The summed E-state index contributed by atoms with van der Waals surface area (Å²) in [4.78, 5) is 17.5. The van der Waals surface area contributed by atoms with Crippen molar-refractivity contribution in [3.63, 3.8) is 0 Å². The third-order valence-corrected chi connectivity index (χ3v) is 2.85. The first-order valence-corrected chi connectivity index (χ1v) is 5.74. The van der Waals surface area contributed by atoms with E-state index in [2.05, 4.69) is 24.9 Å². The number of amides is 1. The molecule has 3 N–H and O–H groups in total. The first-order valence-electron chi connectivity index (χ1n) is 5.74. The topological polar surface area (TPSA) is 97.3 Å². The highest BCUT2D eigenvalue weighted by Crippen LogP contribution is 2.07. The summed E-state index contributed by atoms with van der Waals surface area (Å²) >= 11 is 0. The molecule has 7 heteroatoms. The van der Waals surface area contributed by atoms with E-state index >= 15 is 0 Å². The molecule has 7 nitrogen and oxygen atoms in total. The lowest BCUT2D eigenvalue weighted by Crippen LogP contribution is -2.44. The normalized spacial score (nSPS) is 18.2. The van der Waals surface area contributed by atoms with Crippen molar-refractivity contribution in [2.75, 3.05) is 19.6 Å². The molecule has 0 spiro atoms. The summed E-state index contributed by atoms with van der Waals surface area (Å²) in [6.45, 7) is 2.49. The number of aromatic nitrogens is 2. The Balaban J connectivity index is 1.67. The number of piperidine rings is 1. The summed E-state index contributed by atoms with van der Waals surface area (Å²) in [5.74, 6) is 0.462. The molecular weight excluding hydrogens is 222 g/mol. The summed E-state index contributed by atoms with van der Waals surface area (Å²) in [6.07, 6.45) is 3.16. The number of hydrogen-bond acceptors (Lipinski definition) is 6. The van der Waals surface area contributed by atoms with Crippen LogP contribution in [0.5, 0.6) is 0 Å². The molecule has 0 aliphatic carbocycles. The molecule has 0 aromatic carbocycles. The van der Waals surface area contributed by atoms with Gasteiger partial charge in [-0.2, -0.15) is 4.98 Å². The van der Waals surface area contributed by atoms with E-state index in [0.29, 0.717) is 18.9 Å². The molecule has 0 atom stereocenters. The van der Waals surface area contributed by atoms with Crippen molar-refractivity contribution in [3.05, 3.63) is 12.2 Å². The van der Waals surface area contributed by atoms with Gasteiger partial charge in [0.15, 0.2) is 5.82 Å². The molecule has 1 saturated heterocycles. The van der Waals surface area contributed by atoms with Crippen molar-refractivity contribution in [2.45, 2.75) is 25.4 Å². The number of nitrogens with two attached hydrogens (primary N) is 1. The van der Waals surface area contributed by atoms with Crippen LogP contribution in [0.3, 0.4) is 0 Å². The summed E-state index contributed by atoms with van der Waals surface area (Å²) in [6, 6.07) is 0.286. The molecule has 0 radical (unpaired) electrons. The quantitative estimate of drug-likeness (QED) is 0.707. The van der Waals surface area contributed by atoms with E-state index in [4.69, 9.17) is 5.73 Å². The third kappa shape index (κ3) is 3.79. The van der Waals surface area contributed by atoms with Crippen molar-refractivity contribution in [2.24, 2.45) is 5.73 Å². The van der Waals surface area contributed by atoms with Crippen LogP contribution in [0.15, 0.2) is 10.9 Å². The number of carbonyl (C=O) groups excluding carboxylic acids is 1. The molecule has 94 valence electrons. The lowest BCUT2D eigenvalue weighted by Gasteiger charge is -2.29. The smallest absolute Gasteiger partial charge is 0.234 e. The molecular formula is C10H17N5O2. The Bertz CT molecular complexity index is 346. The lowest BCUT2D eigenvalue weighted by atomic mass is 10.1. The molecule has 1 amide bonds. The molecule has 1 fully saturated rings. The van der Waals surface area contributed by atoms with E-state index in [0.717, 1.165) is 25.9 Å². The molecule has 1 aliphatic heterocycles. The Hall–Kier alpha value is -1.47. The Morgan fingerprint density at radius 3 is 3.00 bits per heavy atom. The maximum Gasteiger partial charge on any atom is 0.234 e. The fourth-order valence-corrected chi connectivity index (χ4v) is 1.82. The predicted molar refractivity (Wildman–Crippen MR) is 59.8 cm³/mol. The first kappa shape index (κ1) is 12.0. The summed E-state index contributed by atoms with van der Waals surface area (Å²) < 4.78 is 4.57. The number of nitrogens with one attached hydrogen (secondary N) is 1. The highest BCUT2D eigenvalue weighted by molar-refractivity contribution is 5.77. The molecule has 2 heterocycles. The van der Waals surface area contributed by atoms with Gasteiger partial charge in [0.1, 0.15) is 0 Å². The number of hydrogen-bond donors (Lipinski definition) is 2. The van der Waals surface area contributed by atoms with Crippen LogP contribution in [0.4, 0.5) is 0 Å². The molecule has 1 aromatic rings. The number of rotatable bonds is 4. The van der Waals surface area contributed by atoms with Gasteiger partial charge in [0.2, 0.25) is 12.3 Å². The van der Waals surface area contributed by atoms with Gasteiger partial charge in [-0.25, -0.2) is 0 Å². The Labute approximate surface area is 99.3 Å². The molecule has 0 bridgehead atoms. The van der Waals surface area contributed by atoms with Gasteiger partial charge in [-0.1, -0.05) is 5.16 Å². The summed E-state index contributed by atoms with van der Waals surface area (Å²) in [5.41, 5.74) is 5.80. The van der Waals surface area contributed by atoms with Gasteiger partial charge in [0.05, 0.1) is 13.1 Å². The summed E-state index contributed by atoms with van der Waals surface area (Å²) in [7, 11) is 0. The Morgan fingerprint density at radius 2 is 2.35 bits per heavy atom. The van der Waals surface area contributed by atoms with Gasteiger partial charge in [-0.3, -0.25) is 9.69 Å². The zero-order chi connectivity index (χ0) is 12.1. The zero-order valence-corrected chi connectivity index (χ0v) is 9.63. The lowest BCUT2D eigenvalue weighted by molar-refractivity contribution is -0.122. The summed E-state index contributed by atoms with van der Waals surface area (Å²) in [5, 5.41) is 6.36.